The minimum atomic E-state index is -0.424. The molecule has 8 nitrogen and oxygen atoms in total. The molecule has 0 fully saturated rings. The van der Waals surface area contributed by atoms with Crippen molar-refractivity contribution in [2.24, 2.45) is 0 Å². The van der Waals surface area contributed by atoms with E-state index < -0.39 is 5.97 Å². The molecule has 0 radical (unpaired) electrons. The van der Waals surface area contributed by atoms with E-state index in [4.69, 9.17) is 9.15 Å². The number of thiazole rings is 1. The summed E-state index contributed by atoms with van der Waals surface area (Å²) in [4.78, 5) is 31.7. The summed E-state index contributed by atoms with van der Waals surface area (Å²) in [5.74, 6) is 0.0559. The van der Waals surface area contributed by atoms with Crippen molar-refractivity contribution >= 4 is 44.8 Å². The quantitative estimate of drug-likeness (QED) is 0.318. The molecule has 0 saturated heterocycles. The Kier molecular flexibility index (Phi) is 7.23. The van der Waals surface area contributed by atoms with Gasteiger partial charge in [-0.1, -0.05) is 25.1 Å². The van der Waals surface area contributed by atoms with Crippen molar-refractivity contribution in [3.8, 4) is 10.8 Å². The van der Waals surface area contributed by atoms with Crippen LogP contribution in [0.5, 0.6) is 0 Å². The van der Waals surface area contributed by atoms with Gasteiger partial charge in [-0.05, 0) is 30.0 Å². The molecule has 0 aliphatic carbocycles. The minimum Gasteiger partial charge on any atom is -0.456 e. The predicted octanol–water partition coefficient (Wildman–Crippen LogP) is 4.32. The van der Waals surface area contributed by atoms with Gasteiger partial charge < -0.3 is 14.1 Å². The molecule has 10 heteroatoms. The molecule has 1 aromatic carbocycles. The van der Waals surface area contributed by atoms with E-state index in [0.29, 0.717) is 24.7 Å². The van der Waals surface area contributed by atoms with Gasteiger partial charge in [-0.25, -0.2) is 4.98 Å². The predicted molar refractivity (Wildman–Crippen MR) is 122 cm³/mol. The SMILES string of the molecule is CCCN(Cc1nnc(-c2cccs2)o1)C(=O)COC(=O)CCc1nc2ccccc2s1. The summed E-state index contributed by atoms with van der Waals surface area (Å²) in [7, 11) is 0. The fourth-order valence-corrected chi connectivity index (χ4v) is 4.70. The summed E-state index contributed by atoms with van der Waals surface area (Å²) in [6.45, 7) is 2.33. The number of ether oxygens (including phenoxy) is 1. The Bertz CT molecular complexity index is 1150. The maximum Gasteiger partial charge on any atom is 0.306 e. The molecule has 0 bridgehead atoms. The Morgan fingerprint density at radius 3 is 2.81 bits per heavy atom. The van der Waals surface area contributed by atoms with Gasteiger partial charge in [0.15, 0.2) is 6.61 Å². The topological polar surface area (TPSA) is 98.4 Å². The normalized spacial score (nSPS) is 11.0. The maximum atomic E-state index is 12.6. The molecule has 3 aromatic heterocycles. The number of para-hydroxylation sites is 1. The number of amides is 1. The van der Waals surface area contributed by atoms with Gasteiger partial charge in [-0.3, -0.25) is 9.59 Å². The average Bonchev–Trinajstić information content (AvgIpc) is 3.55. The Labute approximate surface area is 192 Å². The maximum absolute atomic E-state index is 12.6. The highest BCUT2D eigenvalue weighted by Gasteiger charge is 2.19. The van der Waals surface area contributed by atoms with Gasteiger partial charge in [-0.15, -0.1) is 32.9 Å². The third-order valence-electron chi connectivity index (χ3n) is 4.61. The minimum absolute atomic E-state index is 0.175. The van der Waals surface area contributed by atoms with Crippen molar-refractivity contribution in [1.82, 2.24) is 20.1 Å². The Morgan fingerprint density at radius 2 is 2.03 bits per heavy atom. The van der Waals surface area contributed by atoms with Crippen LogP contribution in [0.4, 0.5) is 0 Å². The molecule has 1 amide bonds. The number of thiophene rings is 1. The number of rotatable bonds is 10. The first-order chi connectivity index (χ1) is 15.6. The standard InChI is InChI=1S/C22H22N4O4S2/c1-2-11-26(13-18-24-25-22(30-18)17-8-5-12-31-17)20(27)14-29-21(28)10-9-19-23-15-6-3-4-7-16(15)32-19/h3-8,12H,2,9-11,13-14H2,1H3. The van der Waals surface area contributed by atoms with Gasteiger partial charge >= 0.3 is 5.97 Å². The molecule has 0 spiro atoms. The molecule has 4 rings (SSSR count). The first-order valence-corrected chi connectivity index (χ1v) is 12.0. The monoisotopic (exact) mass is 470 g/mol. The first kappa shape index (κ1) is 22.1. The number of benzene rings is 1. The van der Waals surface area contributed by atoms with Crippen LogP contribution in [-0.4, -0.2) is 45.1 Å². The van der Waals surface area contributed by atoms with E-state index in [2.05, 4.69) is 15.2 Å². The molecule has 0 aliphatic heterocycles. The largest absolute Gasteiger partial charge is 0.456 e. The summed E-state index contributed by atoms with van der Waals surface area (Å²) in [6.07, 6.45) is 1.41. The van der Waals surface area contributed by atoms with Crippen molar-refractivity contribution in [3.63, 3.8) is 0 Å². The number of aromatic nitrogens is 3. The molecule has 32 heavy (non-hydrogen) atoms. The molecular formula is C22H22N4O4S2. The Morgan fingerprint density at radius 1 is 1.16 bits per heavy atom. The smallest absolute Gasteiger partial charge is 0.306 e. The van der Waals surface area contributed by atoms with E-state index in [1.165, 1.54) is 11.3 Å². The molecular weight excluding hydrogens is 448 g/mol. The first-order valence-electron chi connectivity index (χ1n) is 10.3. The second-order valence-corrected chi connectivity index (χ2v) is 9.09. The highest BCUT2D eigenvalue weighted by molar-refractivity contribution is 7.18. The fraction of sp³-hybridized carbons (Fsp3) is 0.318. The number of hydrogen-bond acceptors (Lipinski definition) is 9. The lowest BCUT2D eigenvalue weighted by molar-refractivity contribution is -0.152. The van der Waals surface area contributed by atoms with Crippen LogP contribution in [0.1, 0.15) is 30.7 Å². The van der Waals surface area contributed by atoms with Gasteiger partial charge in [0.2, 0.25) is 5.89 Å². The van der Waals surface area contributed by atoms with Crippen molar-refractivity contribution in [2.75, 3.05) is 13.2 Å². The van der Waals surface area contributed by atoms with E-state index in [-0.39, 0.29) is 25.5 Å². The van der Waals surface area contributed by atoms with Crippen LogP contribution in [-0.2, 0) is 27.3 Å². The van der Waals surface area contributed by atoms with E-state index in [1.807, 2.05) is 48.7 Å². The number of carbonyl (C=O) groups is 2. The summed E-state index contributed by atoms with van der Waals surface area (Å²) in [6, 6.07) is 11.6. The lowest BCUT2D eigenvalue weighted by atomic mass is 10.3. The summed E-state index contributed by atoms with van der Waals surface area (Å²) in [5, 5.41) is 10.9. The van der Waals surface area contributed by atoms with Crippen molar-refractivity contribution < 1.29 is 18.7 Å². The number of carbonyl (C=O) groups excluding carboxylic acids is 2. The Balaban J connectivity index is 1.27. The van der Waals surface area contributed by atoms with Crippen LogP contribution in [0.15, 0.2) is 46.2 Å². The molecule has 0 N–H and O–H groups in total. The number of esters is 1. The number of nitrogens with zero attached hydrogens (tertiary/aromatic N) is 4. The highest BCUT2D eigenvalue weighted by Crippen LogP contribution is 2.24. The third kappa shape index (κ3) is 5.57. The van der Waals surface area contributed by atoms with Crippen LogP contribution < -0.4 is 0 Å². The van der Waals surface area contributed by atoms with Gasteiger partial charge in [0.1, 0.15) is 0 Å². The van der Waals surface area contributed by atoms with E-state index in [9.17, 15) is 9.59 Å². The number of hydrogen-bond donors (Lipinski definition) is 0. The molecule has 0 unspecified atom stereocenters. The Hall–Kier alpha value is -3.11. The zero-order valence-electron chi connectivity index (χ0n) is 17.5. The molecule has 166 valence electrons. The lowest BCUT2D eigenvalue weighted by Gasteiger charge is -2.20. The third-order valence-corrected chi connectivity index (χ3v) is 6.56. The van der Waals surface area contributed by atoms with Crippen molar-refractivity contribution in [1.29, 1.82) is 0 Å². The fourth-order valence-electron chi connectivity index (χ4n) is 3.08. The molecule has 4 aromatic rings. The second kappa shape index (κ2) is 10.5. The van der Waals surface area contributed by atoms with Gasteiger partial charge in [-0.2, -0.15) is 0 Å². The van der Waals surface area contributed by atoms with Gasteiger partial charge in [0.05, 0.1) is 33.1 Å². The zero-order valence-corrected chi connectivity index (χ0v) is 19.2. The van der Waals surface area contributed by atoms with Gasteiger partial charge in [0.25, 0.3) is 11.8 Å². The molecule has 3 heterocycles. The van der Waals surface area contributed by atoms with Crippen LogP contribution in [0.2, 0.25) is 0 Å². The summed E-state index contributed by atoms with van der Waals surface area (Å²) >= 11 is 3.06. The number of fused-ring (bicyclic) bond motifs is 1. The average molecular weight is 471 g/mol. The summed E-state index contributed by atoms with van der Waals surface area (Å²) < 4.78 is 12.0. The second-order valence-electron chi connectivity index (χ2n) is 7.03. The highest BCUT2D eigenvalue weighted by atomic mass is 32.1. The molecule has 0 saturated carbocycles. The number of aryl methyl sites for hydroxylation is 1. The zero-order chi connectivity index (χ0) is 22.3. The van der Waals surface area contributed by atoms with E-state index in [0.717, 1.165) is 26.5 Å². The molecule has 0 aliphatic rings. The summed E-state index contributed by atoms with van der Waals surface area (Å²) in [5.41, 5.74) is 0.925. The van der Waals surface area contributed by atoms with Crippen molar-refractivity contribution in [2.45, 2.75) is 32.7 Å². The van der Waals surface area contributed by atoms with Crippen LogP contribution >= 0.6 is 22.7 Å². The van der Waals surface area contributed by atoms with Crippen LogP contribution in [0, 0.1) is 0 Å². The van der Waals surface area contributed by atoms with E-state index in [1.54, 1.807) is 16.2 Å². The van der Waals surface area contributed by atoms with Crippen molar-refractivity contribution in [3.05, 3.63) is 52.7 Å². The van der Waals surface area contributed by atoms with Gasteiger partial charge in [0, 0.05) is 13.0 Å². The van der Waals surface area contributed by atoms with Crippen LogP contribution in [0.25, 0.3) is 21.0 Å². The van der Waals surface area contributed by atoms with E-state index >= 15 is 0 Å². The molecule has 0 atom stereocenters. The van der Waals surface area contributed by atoms with Crippen LogP contribution in [0.3, 0.4) is 0 Å². The lowest BCUT2D eigenvalue weighted by Crippen LogP contribution is -2.35.